The van der Waals surface area contributed by atoms with E-state index >= 15 is 0 Å². The summed E-state index contributed by atoms with van der Waals surface area (Å²) in [6.45, 7) is 0.783. The first-order chi connectivity index (χ1) is 10.8. The molecular weight excluding hydrogens is 272 g/mol. The lowest BCUT2D eigenvalue weighted by Crippen LogP contribution is -2.13. The van der Waals surface area contributed by atoms with Gasteiger partial charge in [0.05, 0.1) is 12.1 Å². The van der Waals surface area contributed by atoms with E-state index in [1.807, 2.05) is 29.3 Å². The van der Waals surface area contributed by atoms with E-state index in [9.17, 15) is 0 Å². The van der Waals surface area contributed by atoms with E-state index < -0.39 is 0 Å². The van der Waals surface area contributed by atoms with E-state index in [0.29, 0.717) is 5.84 Å². The Morgan fingerprint density at radius 1 is 0.955 bits per heavy atom. The molecule has 0 atom stereocenters. The second kappa shape index (κ2) is 5.15. The molecule has 4 heteroatoms. The highest BCUT2D eigenvalue weighted by atomic mass is 15.5. The van der Waals surface area contributed by atoms with Crippen molar-refractivity contribution in [3.63, 3.8) is 0 Å². The number of anilines is 1. The van der Waals surface area contributed by atoms with Gasteiger partial charge in [-0.1, -0.05) is 48.5 Å². The maximum absolute atomic E-state index is 5.80. The summed E-state index contributed by atoms with van der Waals surface area (Å²) in [7, 11) is 0. The van der Waals surface area contributed by atoms with Crippen molar-refractivity contribution in [2.75, 3.05) is 11.6 Å². The number of aromatic nitrogens is 1. The molecule has 1 aliphatic rings. The highest BCUT2D eigenvalue weighted by molar-refractivity contribution is 5.96. The second-order valence-electron chi connectivity index (χ2n) is 5.38. The molecule has 2 aromatic carbocycles. The number of para-hydroxylation sites is 1. The van der Waals surface area contributed by atoms with Crippen LogP contribution in [-0.4, -0.2) is 17.4 Å². The Kier molecular flexibility index (Phi) is 3.00. The van der Waals surface area contributed by atoms with Crippen molar-refractivity contribution in [3.05, 3.63) is 60.7 Å². The number of rotatable bonds is 2. The van der Waals surface area contributed by atoms with Crippen molar-refractivity contribution >= 4 is 22.6 Å². The molecule has 0 saturated heterocycles. The fourth-order valence-electron chi connectivity index (χ4n) is 2.79. The molecule has 0 radical (unpaired) electrons. The van der Waals surface area contributed by atoms with Gasteiger partial charge in [0.15, 0.2) is 0 Å². The van der Waals surface area contributed by atoms with Gasteiger partial charge in [0.25, 0.3) is 0 Å². The number of nitrogens with two attached hydrogens (primary N) is 1. The smallest absolute Gasteiger partial charge is 0.150 e. The lowest BCUT2D eigenvalue weighted by atomic mass is 10.0. The summed E-state index contributed by atoms with van der Waals surface area (Å²) >= 11 is 0. The molecule has 1 aromatic heterocycles. The van der Waals surface area contributed by atoms with E-state index in [2.05, 4.69) is 41.5 Å². The molecule has 0 spiro atoms. The van der Waals surface area contributed by atoms with Crippen LogP contribution in [0.1, 0.15) is 6.42 Å². The zero-order valence-corrected chi connectivity index (χ0v) is 12.1. The number of nitrogens with zero attached hydrogens (tertiary/aromatic N) is 3. The highest BCUT2D eigenvalue weighted by Crippen LogP contribution is 2.31. The fraction of sp³-hybridized carbons (Fsp3) is 0.111. The monoisotopic (exact) mass is 288 g/mol. The minimum Gasteiger partial charge on any atom is -0.386 e. The van der Waals surface area contributed by atoms with Crippen molar-refractivity contribution in [1.82, 2.24) is 4.98 Å². The van der Waals surface area contributed by atoms with Crippen molar-refractivity contribution < 1.29 is 0 Å². The molecule has 0 saturated carbocycles. The van der Waals surface area contributed by atoms with Crippen LogP contribution in [-0.2, 0) is 0 Å². The first-order valence-corrected chi connectivity index (χ1v) is 7.37. The number of amidine groups is 1. The van der Waals surface area contributed by atoms with Crippen LogP contribution in [0.4, 0.5) is 5.82 Å². The van der Waals surface area contributed by atoms with Crippen LogP contribution in [0.25, 0.3) is 22.0 Å². The number of fused-ring (bicyclic) bond motifs is 1. The summed E-state index contributed by atoms with van der Waals surface area (Å²) in [4.78, 5) is 4.74. The Morgan fingerprint density at radius 2 is 1.73 bits per heavy atom. The predicted octanol–water partition coefficient (Wildman–Crippen LogP) is 3.38. The van der Waals surface area contributed by atoms with E-state index in [-0.39, 0.29) is 0 Å². The van der Waals surface area contributed by atoms with Crippen LogP contribution >= 0.6 is 0 Å². The van der Waals surface area contributed by atoms with E-state index in [1.165, 1.54) is 11.1 Å². The standard InChI is InChI=1S/C18H16N4/c19-17-10-11-22(21-17)18-12-15(13-6-2-1-3-7-13)14-8-4-5-9-16(14)20-18/h1-9,12H,10-11H2,(H2,19,21). The van der Waals surface area contributed by atoms with Gasteiger partial charge in [0, 0.05) is 11.8 Å². The third-order valence-electron chi connectivity index (χ3n) is 3.88. The molecule has 1 aliphatic heterocycles. The number of hydrogen-bond acceptors (Lipinski definition) is 4. The quantitative estimate of drug-likeness (QED) is 0.786. The van der Waals surface area contributed by atoms with Crippen LogP contribution in [0.2, 0.25) is 0 Å². The Morgan fingerprint density at radius 3 is 2.50 bits per heavy atom. The minimum absolute atomic E-state index is 0.663. The Balaban J connectivity index is 1.94. The van der Waals surface area contributed by atoms with Crippen molar-refractivity contribution in [1.29, 1.82) is 0 Å². The zero-order chi connectivity index (χ0) is 14.9. The molecule has 22 heavy (non-hydrogen) atoms. The lowest BCUT2D eigenvalue weighted by Gasteiger charge is -2.15. The molecule has 2 N–H and O–H groups in total. The predicted molar refractivity (Wildman–Crippen MR) is 90.8 cm³/mol. The molecule has 0 aliphatic carbocycles. The maximum Gasteiger partial charge on any atom is 0.150 e. The molecule has 4 nitrogen and oxygen atoms in total. The topological polar surface area (TPSA) is 54.5 Å². The summed E-state index contributed by atoms with van der Waals surface area (Å²) in [5, 5.41) is 7.40. The van der Waals surface area contributed by atoms with Gasteiger partial charge in [-0.05, 0) is 23.3 Å². The highest BCUT2D eigenvalue weighted by Gasteiger charge is 2.17. The molecule has 4 rings (SSSR count). The van der Waals surface area contributed by atoms with Gasteiger partial charge in [-0.3, -0.25) is 0 Å². The summed E-state index contributed by atoms with van der Waals surface area (Å²) in [6.07, 6.45) is 0.787. The van der Waals surface area contributed by atoms with Gasteiger partial charge in [-0.15, -0.1) is 0 Å². The molecule has 0 bridgehead atoms. The zero-order valence-electron chi connectivity index (χ0n) is 12.1. The normalized spacial score (nSPS) is 14.4. The fourth-order valence-corrected chi connectivity index (χ4v) is 2.79. The number of hydrazone groups is 1. The third-order valence-corrected chi connectivity index (χ3v) is 3.88. The first-order valence-electron chi connectivity index (χ1n) is 7.37. The van der Waals surface area contributed by atoms with Gasteiger partial charge in [-0.25, -0.2) is 9.99 Å². The molecular formula is C18H16N4. The van der Waals surface area contributed by atoms with Crippen LogP contribution < -0.4 is 10.7 Å². The minimum atomic E-state index is 0.663. The average molecular weight is 288 g/mol. The molecule has 108 valence electrons. The number of pyridine rings is 1. The first kappa shape index (κ1) is 12.8. The second-order valence-corrected chi connectivity index (χ2v) is 5.38. The van der Waals surface area contributed by atoms with Gasteiger partial charge in [0.1, 0.15) is 11.7 Å². The van der Waals surface area contributed by atoms with Crippen molar-refractivity contribution in [2.45, 2.75) is 6.42 Å². The van der Waals surface area contributed by atoms with Gasteiger partial charge < -0.3 is 5.73 Å². The van der Waals surface area contributed by atoms with Crippen LogP contribution in [0, 0.1) is 0 Å². The van der Waals surface area contributed by atoms with E-state index in [1.54, 1.807) is 0 Å². The number of hydrogen-bond donors (Lipinski definition) is 1. The van der Waals surface area contributed by atoms with Crippen LogP contribution in [0.15, 0.2) is 65.8 Å². The van der Waals surface area contributed by atoms with Crippen LogP contribution in [0.5, 0.6) is 0 Å². The van der Waals surface area contributed by atoms with Gasteiger partial charge in [0.2, 0.25) is 0 Å². The average Bonchev–Trinajstić information content (AvgIpc) is 3.01. The molecule has 2 heterocycles. The molecule has 0 fully saturated rings. The van der Waals surface area contributed by atoms with Gasteiger partial charge in [-0.2, -0.15) is 5.10 Å². The maximum atomic E-state index is 5.80. The van der Waals surface area contributed by atoms with E-state index in [0.717, 1.165) is 29.7 Å². The van der Waals surface area contributed by atoms with Crippen molar-refractivity contribution in [3.8, 4) is 11.1 Å². The van der Waals surface area contributed by atoms with Crippen LogP contribution in [0.3, 0.4) is 0 Å². The summed E-state index contributed by atoms with van der Waals surface area (Å²) in [5.41, 5.74) is 9.12. The molecule has 0 amide bonds. The Bertz CT molecular complexity index is 855. The lowest BCUT2D eigenvalue weighted by molar-refractivity contribution is 0.901. The summed E-state index contributed by atoms with van der Waals surface area (Å²) in [5.74, 6) is 1.51. The molecule has 3 aromatic rings. The van der Waals surface area contributed by atoms with E-state index in [4.69, 9.17) is 10.7 Å². The van der Waals surface area contributed by atoms with Crippen molar-refractivity contribution in [2.24, 2.45) is 10.8 Å². The largest absolute Gasteiger partial charge is 0.386 e. The summed E-state index contributed by atoms with van der Waals surface area (Å²) in [6, 6.07) is 20.7. The van der Waals surface area contributed by atoms with Gasteiger partial charge >= 0.3 is 0 Å². The third kappa shape index (κ3) is 2.19. The number of benzene rings is 2. The molecule has 0 unspecified atom stereocenters. The summed E-state index contributed by atoms with van der Waals surface area (Å²) < 4.78 is 0. The Hall–Kier alpha value is -2.88. The Labute approximate surface area is 128 Å². The SMILES string of the molecule is NC1=NN(c2cc(-c3ccccc3)c3ccccc3n2)CC1.